The van der Waals surface area contributed by atoms with E-state index in [-0.39, 0.29) is 5.91 Å². The zero-order valence-electron chi connectivity index (χ0n) is 19.7. The summed E-state index contributed by atoms with van der Waals surface area (Å²) in [5, 5.41) is 10.0. The molecule has 0 unspecified atom stereocenters. The molecule has 3 heterocycles. The molecule has 1 amide bonds. The third kappa shape index (κ3) is 7.36. The Morgan fingerprint density at radius 2 is 1.69 bits per heavy atom. The quantitative estimate of drug-likeness (QED) is 0.545. The van der Waals surface area contributed by atoms with Crippen LogP contribution in [0.3, 0.4) is 0 Å². The van der Waals surface area contributed by atoms with Crippen LogP contribution in [0.25, 0.3) is 5.69 Å². The molecule has 1 aliphatic rings. The summed E-state index contributed by atoms with van der Waals surface area (Å²) in [6, 6.07) is 11.4. The average molecular weight is 505 g/mol. The highest BCUT2D eigenvalue weighted by atomic mass is 19.4. The van der Waals surface area contributed by atoms with Crippen LogP contribution in [-0.4, -0.2) is 68.9 Å². The summed E-state index contributed by atoms with van der Waals surface area (Å²) in [7, 11) is 0. The van der Waals surface area contributed by atoms with E-state index in [1.807, 2.05) is 48.7 Å². The largest absolute Gasteiger partial charge is 0.490 e. The first kappa shape index (κ1) is 26.8. The number of aliphatic carboxylic acids is 1. The van der Waals surface area contributed by atoms with E-state index in [1.54, 1.807) is 18.6 Å². The lowest BCUT2D eigenvalue weighted by molar-refractivity contribution is -0.192. The first-order valence-electron chi connectivity index (χ1n) is 11.0. The lowest BCUT2D eigenvalue weighted by Gasteiger charge is -2.26. The van der Waals surface area contributed by atoms with Gasteiger partial charge in [-0.3, -0.25) is 14.7 Å². The number of ether oxygens (including phenoxy) is 1. The second kappa shape index (κ2) is 11.8. The van der Waals surface area contributed by atoms with Crippen LogP contribution in [-0.2, 0) is 16.1 Å². The minimum Gasteiger partial charge on any atom is -0.475 e. The standard InChI is InChI=1S/C22H25N5O2.C2HF3O2/c1-16-17(2)27(15-24-16)20-6-4-19(5-7-20)25-22(28)21-8-3-18(13-23-21)14-26-9-11-29-12-10-26;3-2(4,5)1(6)7/h3-8,13,15H,9-12,14H2,1-2H3,(H,25,28);(H,6,7). The zero-order valence-corrected chi connectivity index (χ0v) is 19.7. The van der Waals surface area contributed by atoms with Crippen molar-refractivity contribution in [3.05, 3.63) is 71.6 Å². The second-order valence-corrected chi connectivity index (χ2v) is 8.03. The van der Waals surface area contributed by atoms with Crippen molar-refractivity contribution in [3.8, 4) is 5.69 Å². The number of carboxylic acid groups (broad SMARTS) is 1. The highest BCUT2D eigenvalue weighted by Crippen LogP contribution is 2.17. The third-order valence-electron chi connectivity index (χ3n) is 5.46. The van der Waals surface area contributed by atoms with Gasteiger partial charge in [0, 0.05) is 42.9 Å². The fourth-order valence-corrected chi connectivity index (χ4v) is 3.33. The Morgan fingerprint density at radius 1 is 1.06 bits per heavy atom. The van der Waals surface area contributed by atoms with Crippen LogP contribution >= 0.6 is 0 Å². The average Bonchev–Trinajstić information content (AvgIpc) is 3.18. The summed E-state index contributed by atoms with van der Waals surface area (Å²) in [5.41, 5.74) is 5.34. The number of carboxylic acids is 1. The lowest BCUT2D eigenvalue weighted by atomic mass is 10.2. The van der Waals surface area contributed by atoms with Crippen molar-refractivity contribution in [2.45, 2.75) is 26.6 Å². The monoisotopic (exact) mass is 505 g/mol. The van der Waals surface area contributed by atoms with Gasteiger partial charge in [-0.05, 0) is 49.7 Å². The molecule has 3 aromatic rings. The van der Waals surface area contributed by atoms with Crippen molar-refractivity contribution in [1.82, 2.24) is 19.4 Å². The molecule has 0 bridgehead atoms. The van der Waals surface area contributed by atoms with Crippen LogP contribution in [0.1, 0.15) is 27.4 Å². The molecule has 0 spiro atoms. The zero-order chi connectivity index (χ0) is 26.3. The molecule has 12 heteroatoms. The van der Waals surface area contributed by atoms with E-state index in [9.17, 15) is 18.0 Å². The molecule has 2 aromatic heterocycles. The number of amides is 1. The van der Waals surface area contributed by atoms with Crippen LogP contribution < -0.4 is 5.32 Å². The van der Waals surface area contributed by atoms with Gasteiger partial charge in [0.05, 0.1) is 25.2 Å². The Labute approximate surface area is 205 Å². The molecule has 0 aliphatic carbocycles. The molecule has 0 saturated carbocycles. The fourth-order valence-electron chi connectivity index (χ4n) is 3.33. The molecule has 4 rings (SSSR count). The normalized spacial score (nSPS) is 14.0. The Morgan fingerprint density at radius 3 is 2.19 bits per heavy atom. The number of carbonyl (C=O) groups is 2. The number of imidazole rings is 1. The molecule has 9 nitrogen and oxygen atoms in total. The predicted octanol–water partition coefficient (Wildman–Crippen LogP) is 3.60. The molecule has 2 N–H and O–H groups in total. The number of alkyl halides is 3. The highest BCUT2D eigenvalue weighted by Gasteiger charge is 2.38. The van der Waals surface area contributed by atoms with E-state index in [0.717, 1.165) is 61.2 Å². The van der Waals surface area contributed by atoms with E-state index in [4.69, 9.17) is 14.6 Å². The van der Waals surface area contributed by atoms with Gasteiger partial charge in [0.15, 0.2) is 0 Å². The Balaban J connectivity index is 0.000000454. The molecular weight excluding hydrogens is 479 g/mol. The second-order valence-electron chi connectivity index (χ2n) is 8.03. The number of hydrogen-bond acceptors (Lipinski definition) is 6. The third-order valence-corrected chi connectivity index (χ3v) is 5.46. The fraction of sp³-hybridized carbons (Fsp3) is 0.333. The van der Waals surface area contributed by atoms with E-state index < -0.39 is 12.1 Å². The number of nitrogens with one attached hydrogen (secondary N) is 1. The SMILES string of the molecule is Cc1ncn(-c2ccc(NC(=O)c3ccc(CN4CCOCC4)cn3)cc2)c1C.O=C(O)C(F)(F)F. The van der Waals surface area contributed by atoms with Crippen LogP contribution in [0.2, 0.25) is 0 Å². The molecule has 1 saturated heterocycles. The van der Waals surface area contributed by atoms with E-state index >= 15 is 0 Å². The first-order chi connectivity index (χ1) is 17.0. The van der Waals surface area contributed by atoms with Gasteiger partial charge in [-0.1, -0.05) is 6.07 Å². The topological polar surface area (TPSA) is 110 Å². The Hall–Kier alpha value is -3.77. The van der Waals surface area contributed by atoms with Crippen molar-refractivity contribution in [1.29, 1.82) is 0 Å². The number of morpholine rings is 1. The number of hydrogen-bond donors (Lipinski definition) is 2. The Bertz CT molecular complexity index is 1170. The maximum atomic E-state index is 12.5. The number of halogens is 3. The summed E-state index contributed by atoms with van der Waals surface area (Å²) >= 11 is 0. The van der Waals surface area contributed by atoms with Crippen molar-refractivity contribution in [2.24, 2.45) is 0 Å². The van der Waals surface area contributed by atoms with Crippen molar-refractivity contribution in [2.75, 3.05) is 31.6 Å². The molecule has 1 fully saturated rings. The van der Waals surface area contributed by atoms with Gasteiger partial charge in [-0.2, -0.15) is 13.2 Å². The van der Waals surface area contributed by atoms with Gasteiger partial charge in [0.1, 0.15) is 5.69 Å². The predicted molar refractivity (Wildman–Crippen MR) is 125 cm³/mol. The van der Waals surface area contributed by atoms with Gasteiger partial charge >= 0.3 is 12.1 Å². The molecule has 192 valence electrons. The number of anilines is 1. The van der Waals surface area contributed by atoms with Gasteiger partial charge in [-0.25, -0.2) is 9.78 Å². The number of carbonyl (C=O) groups excluding carboxylic acids is 1. The molecule has 36 heavy (non-hydrogen) atoms. The number of pyridine rings is 1. The maximum absolute atomic E-state index is 12.5. The minimum absolute atomic E-state index is 0.217. The van der Waals surface area contributed by atoms with E-state index in [2.05, 4.69) is 20.2 Å². The van der Waals surface area contributed by atoms with Gasteiger partial charge < -0.3 is 19.7 Å². The highest BCUT2D eigenvalue weighted by molar-refractivity contribution is 6.02. The van der Waals surface area contributed by atoms with E-state index in [1.165, 1.54) is 0 Å². The number of aromatic nitrogens is 3. The molecule has 0 radical (unpaired) electrons. The van der Waals surface area contributed by atoms with E-state index in [0.29, 0.717) is 5.69 Å². The molecular formula is C24H26F3N5O4. The van der Waals surface area contributed by atoms with Crippen molar-refractivity contribution < 1.29 is 32.6 Å². The van der Waals surface area contributed by atoms with Gasteiger partial charge in [0.25, 0.3) is 5.91 Å². The number of rotatable bonds is 5. The maximum Gasteiger partial charge on any atom is 0.490 e. The smallest absolute Gasteiger partial charge is 0.475 e. The Kier molecular flexibility index (Phi) is 8.78. The number of benzene rings is 1. The lowest BCUT2D eigenvalue weighted by Crippen LogP contribution is -2.35. The van der Waals surface area contributed by atoms with Crippen LogP contribution in [0.4, 0.5) is 18.9 Å². The summed E-state index contributed by atoms with van der Waals surface area (Å²) in [4.78, 5) is 32.4. The van der Waals surface area contributed by atoms with Crippen molar-refractivity contribution >= 4 is 17.6 Å². The van der Waals surface area contributed by atoms with Gasteiger partial charge in [0.2, 0.25) is 0 Å². The van der Waals surface area contributed by atoms with Crippen LogP contribution in [0, 0.1) is 13.8 Å². The van der Waals surface area contributed by atoms with Crippen molar-refractivity contribution in [3.63, 3.8) is 0 Å². The molecule has 1 aliphatic heterocycles. The summed E-state index contributed by atoms with van der Waals surface area (Å²) in [6.07, 6.45) is -1.50. The summed E-state index contributed by atoms with van der Waals surface area (Å²) < 4.78 is 39.1. The molecule has 1 aromatic carbocycles. The summed E-state index contributed by atoms with van der Waals surface area (Å²) in [5.74, 6) is -2.97. The molecule has 0 atom stereocenters. The minimum atomic E-state index is -5.08. The summed E-state index contributed by atoms with van der Waals surface area (Å²) in [6.45, 7) is 8.24. The first-order valence-corrected chi connectivity index (χ1v) is 11.0. The number of aryl methyl sites for hydroxylation is 1. The van der Waals surface area contributed by atoms with Crippen LogP contribution in [0.5, 0.6) is 0 Å². The number of nitrogens with zero attached hydrogens (tertiary/aromatic N) is 4. The van der Waals surface area contributed by atoms with Crippen LogP contribution in [0.15, 0.2) is 48.9 Å². The van der Waals surface area contributed by atoms with Gasteiger partial charge in [-0.15, -0.1) is 0 Å².